The minimum absolute atomic E-state index is 0.161. The molecule has 2 heterocycles. The largest absolute Gasteiger partial charge is 0.443 e. The molecule has 8 heteroatoms. The molecule has 17 heavy (non-hydrogen) atoms. The maximum absolute atomic E-state index is 10.5. The Morgan fingerprint density at radius 1 is 1.88 bits per heavy atom. The summed E-state index contributed by atoms with van der Waals surface area (Å²) in [5, 5.41) is 10.5. The molecule has 0 N–H and O–H groups in total. The third-order valence-corrected chi connectivity index (χ3v) is 2.42. The molecule has 1 aromatic rings. The zero-order valence-electron chi connectivity index (χ0n) is 8.84. The average molecular weight is 304 g/mol. The fourth-order valence-corrected chi connectivity index (χ4v) is 1.60. The molecule has 1 atom stereocenters. The van der Waals surface area contributed by atoms with Crippen LogP contribution in [0.2, 0.25) is 0 Å². The van der Waals surface area contributed by atoms with Crippen molar-refractivity contribution < 1.29 is 14.4 Å². The molecule has 0 aliphatic carbocycles. The number of rotatable bonds is 4. The van der Waals surface area contributed by atoms with Gasteiger partial charge in [-0.25, -0.2) is 0 Å². The summed E-state index contributed by atoms with van der Waals surface area (Å²) in [5.41, 5.74) is 0. The molecule has 0 amide bonds. The lowest BCUT2D eigenvalue weighted by atomic mass is 10.3. The van der Waals surface area contributed by atoms with Gasteiger partial charge in [-0.2, -0.15) is 0 Å². The number of fused-ring (bicyclic) bond motifs is 1. The summed E-state index contributed by atoms with van der Waals surface area (Å²) < 4.78 is 13.1. The van der Waals surface area contributed by atoms with E-state index in [1.165, 1.54) is 6.20 Å². The molecular formula is C9H10BrN3O4. The van der Waals surface area contributed by atoms with E-state index in [0.29, 0.717) is 19.8 Å². The van der Waals surface area contributed by atoms with E-state index in [1.807, 2.05) is 0 Å². The van der Waals surface area contributed by atoms with Gasteiger partial charge < -0.3 is 19.6 Å². The predicted octanol–water partition coefficient (Wildman–Crippen LogP) is 1.48. The number of hydrogen-bond donors (Lipinski definition) is 0. The second-order valence-electron chi connectivity index (χ2n) is 3.55. The Kier molecular flexibility index (Phi) is 3.43. The molecule has 0 saturated heterocycles. The monoisotopic (exact) mass is 303 g/mol. The van der Waals surface area contributed by atoms with Crippen LogP contribution in [0, 0.1) is 10.1 Å². The van der Waals surface area contributed by atoms with Crippen molar-refractivity contribution in [2.24, 2.45) is 0 Å². The van der Waals surface area contributed by atoms with Gasteiger partial charge in [0.15, 0.2) is 0 Å². The number of aromatic nitrogens is 2. The molecule has 2 rings (SSSR count). The molecule has 1 aliphatic heterocycles. The van der Waals surface area contributed by atoms with Crippen molar-refractivity contribution in [3.63, 3.8) is 0 Å². The molecule has 92 valence electrons. The van der Waals surface area contributed by atoms with Gasteiger partial charge in [0.25, 0.3) is 0 Å². The van der Waals surface area contributed by atoms with E-state index in [2.05, 4.69) is 27.5 Å². The van der Waals surface area contributed by atoms with Gasteiger partial charge in [0.2, 0.25) is 0 Å². The summed E-state index contributed by atoms with van der Waals surface area (Å²) in [7, 11) is 0. The van der Waals surface area contributed by atoms with Gasteiger partial charge in [0.05, 0.1) is 13.2 Å². The fourth-order valence-electron chi connectivity index (χ4n) is 1.47. The second kappa shape index (κ2) is 4.84. The molecule has 1 aliphatic rings. The van der Waals surface area contributed by atoms with E-state index >= 15 is 0 Å². The molecule has 1 aromatic heterocycles. The lowest BCUT2D eigenvalue weighted by Crippen LogP contribution is -2.32. The third-order valence-electron chi connectivity index (χ3n) is 2.19. The smallest absolute Gasteiger partial charge is 0.414 e. The fraction of sp³-hybridized carbons (Fsp3) is 0.444. The van der Waals surface area contributed by atoms with Gasteiger partial charge in [0, 0.05) is 9.47 Å². The maximum Gasteiger partial charge on any atom is 0.414 e. The normalized spacial score (nSPS) is 18.3. The van der Waals surface area contributed by atoms with Crippen LogP contribution in [0.15, 0.2) is 17.3 Å². The van der Waals surface area contributed by atoms with Gasteiger partial charge in [-0.3, -0.25) is 4.57 Å². The van der Waals surface area contributed by atoms with Crippen LogP contribution < -0.4 is 4.74 Å². The number of nitro groups is 1. The molecular weight excluding hydrogens is 294 g/mol. The van der Waals surface area contributed by atoms with Gasteiger partial charge in [-0.1, -0.05) is 22.5 Å². The molecule has 0 bridgehead atoms. The first kappa shape index (κ1) is 12.1. The number of ether oxygens (including phenoxy) is 2. The molecule has 0 saturated carbocycles. The number of imidazole rings is 1. The Balaban J connectivity index is 2.03. The van der Waals surface area contributed by atoms with Gasteiger partial charge in [-0.05, 0) is 4.92 Å². The van der Waals surface area contributed by atoms with Crippen LogP contribution in [0.25, 0.3) is 0 Å². The molecule has 0 spiro atoms. The Hall–Kier alpha value is -1.41. The summed E-state index contributed by atoms with van der Waals surface area (Å²) in [6.45, 7) is 4.84. The minimum atomic E-state index is -0.551. The molecule has 1 unspecified atom stereocenters. The highest BCUT2D eigenvalue weighted by Gasteiger charge is 2.28. The molecule has 0 fully saturated rings. The Bertz CT molecular complexity index is 459. The van der Waals surface area contributed by atoms with Crippen molar-refractivity contribution in [3.8, 4) is 6.01 Å². The Labute approximate surface area is 105 Å². The molecule has 0 aromatic carbocycles. The first-order chi connectivity index (χ1) is 8.06. The SMILES string of the molecule is C=C(Br)COC1COc2nc([N+](=O)[O-])cn2C1. The first-order valence-electron chi connectivity index (χ1n) is 4.85. The van der Waals surface area contributed by atoms with Crippen molar-refractivity contribution in [3.05, 3.63) is 27.4 Å². The lowest BCUT2D eigenvalue weighted by Gasteiger charge is -2.22. The summed E-state index contributed by atoms with van der Waals surface area (Å²) in [6.07, 6.45) is 1.18. The predicted molar refractivity (Wildman–Crippen MR) is 62.2 cm³/mol. The van der Waals surface area contributed by atoms with Crippen LogP contribution in [0.4, 0.5) is 5.82 Å². The van der Waals surface area contributed by atoms with E-state index in [0.717, 1.165) is 4.48 Å². The van der Waals surface area contributed by atoms with Crippen molar-refractivity contribution in [2.45, 2.75) is 12.6 Å². The maximum atomic E-state index is 10.5. The standard InChI is InChI=1S/C9H10BrN3O4/c1-6(10)4-16-7-2-12-3-8(13(14)15)11-9(12)17-5-7/h3,7H,1-2,4-5H2. The summed E-state index contributed by atoms with van der Waals surface area (Å²) in [4.78, 5) is 13.7. The Morgan fingerprint density at radius 3 is 3.29 bits per heavy atom. The van der Waals surface area contributed by atoms with E-state index in [4.69, 9.17) is 9.47 Å². The lowest BCUT2D eigenvalue weighted by molar-refractivity contribution is -0.389. The highest BCUT2D eigenvalue weighted by atomic mass is 79.9. The van der Waals surface area contributed by atoms with Crippen LogP contribution in [0.3, 0.4) is 0 Å². The van der Waals surface area contributed by atoms with E-state index < -0.39 is 4.92 Å². The average Bonchev–Trinajstić information content (AvgIpc) is 2.69. The first-order valence-corrected chi connectivity index (χ1v) is 5.65. The highest BCUT2D eigenvalue weighted by molar-refractivity contribution is 9.11. The molecule has 0 radical (unpaired) electrons. The van der Waals surface area contributed by atoms with Crippen LogP contribution in [-0.2, 0) is 11.3 Å². The van der Waals surface area contributed by atoms with Crippen LogP contribution >= 0.6 is 15.9 Å². The quantitative estimate of drug-likeness (QED) is 0.622. The van der Waals surface area contributed by atoms with Crippen molar-refractivity contribution in [2.75, 3.05) is 13.2 Å². The third kappa shape index (κ3) is 2.83. The van der Waals surface area contributed by atoms with Gasteiger partial charge in [0.1, 0.15) is 18.9 Å². The molecule has 7 nitrogen and oxygen atoms in total. The zero-order valence-corrected chi connectivity index (χ0v) is 10.4. The van der Waals surface area contributed by atoms with Crippen LogP contribution in [0.1, 0.15) is 0 Å². The van der Waals surface area contributed by atoms with E-state index in [-0.39, 0.29) is 17.9 Å². The summed E-state index contributed by atoms with van der Waals surface area (Å²) in [6, 6.07) is 0.259. The Morgan fingerprint density at radius 2 is 2.65 bits per heavy atom. The topological polar surface area (TPSA) is 79.4 Å². The van der Waals surface area contributed by atoms with Crippen molar-refractivity contribution in [1.82, 2.24) is 9.55 Å². The summed E-state index contributed by atoms with van der Waals surface area (Å²) in [5.74, 6) is -0.217. The van der Waals surface area contributed by atoms with Crippen LogP contribution in [-0.4, -0.2) is 33.8 Å². The van der Waals surface area contributed by atoms with Gasteiger partial charge >= 0.3 is 11.8 Å². The number of nitrogens with zero attached hydrogens (tertiary/aromatic N) is 3. The highest BCUT2D eigenvalue weighted by Crippen LogP contribution is 2.22. The minimum Gasteiger partial charge on any atom is -0.443 e. The second-order valence-corrected chi connectivity index (χ2v) is 4.67. The number of hydrogen-bond acceptors (Lipinski definition) is 5. The van der Waals surface area contributed by atoms with Crippen molar-refractivity contribution >= 4 is 21.7 Å². The zero-order chi connectivity index (χ0) is 12.4. The van der Waals surface area contributed by atoms with Gasteiger partial charge in [-0.15, -0.1) is 0 Å². The van der Waals surface area contributed by atoms with Crippen LogP contribution in [0.5, 0.6) is 6.01 Å². The summed E-state index contributed by atoms with van der Waals surface area (Å²) >= 11 is 3.19. The van der Waals surface area contributed by atoms with E-state index in [1.54, 1.807) is 4.57 Å². The van der Waals surface area contributed by atoms with Crippen molar-refractivity contribution in [1.29, 1.82) is 0 Å². The van der Waals surface area contributed by atoms with E-state index in [9.17, 15) is 10.1 Å². The number of halogens is 1.